The molecule has 0 bridgehead atoms. The van der Waals surface area contributed by atoms with E-state index in [9.17, 15) is 4.79 Å². The van der Waals surface area contributed by atoms with Crippen LogP contribution in [0.1, 0.15) is 53.6 Å². The molecule has 156 valence electrons. The van der Waals surface area contributed by atoms with Crippen molar-refractivity contribution in [2.45, 2.75) is 52.5 Å². The second kappa shape index (κ2) is 8.73. The number of piperidine rings is 1. The fourth-order valence-corrected chi connectivity index (χ4v) is 4.23. The fraction of sp³-hybridized carbons (Fsp3) is 0.435. The highest BCUT2D eigenvalue weighted by Crippen LogP contribution is 2.29. The van der Waals surface area contributed by atoms with E-state index in [-0.39, 0.29) is 11.9 Å². The van der Waals surface area contributed by atoms with Crippen molar-refractivity contribution < 1.29 is 4.79 Å². The molecule has 0 unspecified atom stereocenters. The zero-order valence-electron chi connectivity index (χ0n) is 17.8. The van der Waals surface area contributed by atoms with Crippen LogP contribution in [0, 0.1) is 19.8 Å². The molecule has 30 heavy (non-hydrogen) atoms. The summed E-state index contributed by atoms with van der Waals surface area (Å²) in [5.41, 5.74) is 4.07. The SMILES string of the molecule is Cc1ccc(CC[C@@H]2[C@H](C)CCCN2C(=O)c2nc(C)ccc2-n2nccn2)nc1. The van der Waals surface area contributed by atoms with Gasteiger partial charge < -0.3 is 4.90 Å². The van der Waals surface area contributed by atoms with Crippen molar-refractivity contribution in [2.75, 3.05) is 6.54 Å². The van der Waals surface area contributed by atoms with Crippen molar-refractivity contribution in [3.8, 4) is 5.69 Å². The van der Waals surface area contributed by atoms with Gasteiger partial charge in [-0.3, -0.25) is 9.78 Å². The number of hydrogen-bond acceptors (Lipinski definition) is 5. The van der Waals surface area contributed by atoms with Gasteiger partial charge in [0.15, 0.2) is 5.69 Å². The van der Waals surface area contributed by atoms with Crippen molar-refractivity contribution in [1.29, 1.82) is 0 Å². The van der Waals surface area contributed by atoms with Gasteiger partial charge in [-0.2, -0.15) is 10.2 Å². The Bertz CT molecular complexity index is 999. The lowest BCUT2D eigenvalue weighted by molar-refractivity contribution is 0.0492. The summed E-state index contributed by atoms with van der Waals surface area (Å²) >= 11 is 0. The molecule has 0 N–H and O–H groups in total. The number of hydrogen-bond donors (Lipinski definition) is 0. The minimum atomic E-state index is -0.0422. The van der Waals surface area contributed by atoms with E-state index in [2.05, 4.69) is 39.2 Å². The maximum atomic E-state index is 13.7. The highest BCUT2D eigenvalue weighted by atomic mass is 16.2. The first-order chi connectivity index (χ1) is 14.5. The van der Waals surface area contributed by atoms with Gasteiger partial charge >= 0.3 is 0 Å². The maximum Gasteiger partial charge on any atom is 0.275 e. The molecule has 1 aliphatic heterocycles. The van der Waals surface area contributed by atoms with E-state index in [0.717, 1.165) is 49.2 Å². The van der Waals surface area contributed by atoms with E-state index in [1.807, 2.05) is 37.1 Å². The van der Waals surface area contributed by atoms with Gasteiger partial charge in [-0.25, -0.2) is 4.98 Å². The third-order valence-corrected chi connectivity index (χ3v) is 5.90. The predicted octanol–water partition coefficient (Wildman–Crippen LogP) is 3.55. The van der Waals surface area contributed by atoms with Gasteiger partial charge in [-0.1, -0.05) is 13.0 Å². The second-order valence-corrected chi connectivity index (χ2v) is 8.19. The van der Waals surface area contributed by atoms with Gasteiger partial charge in [0.25, 0.3) is 5.91 Å². The molecule has 0 radical (unpaired) electrons. The summed E-state index contributed by atoms with van der Waals surface area (Å²) in [5.74, 6) is 0.392. The number of aromatic nitrogens is 5. The molecule has 7 heteroatoms. The topological polar surface area (TPSA) is 76.8 Å². The number of nitrogens with zero attached hydrogens (tertiary/aromatic N) is 6. The number of carbonyl (C=O) groups is 1. The van der Waals surface area contributed by atoms with Gasteiger partial charge in [0.1, 0.15) is 5.69 Å². The first kappa shape index (κ1) is 20.2. The average molecular weight is 405 g/mol. The molecule has 0 aromatic carbocycles. The molecule has 1 aliphatic rings. The summed E-state index contributed by atoms with van der Waals surface area (Å²) in [6.07, 6.45) is 9.00. The molecular weight excluding hydrogens is 376 g/mol. The Morgan fingerprint density at radius 3 is 2.67 bits per heavy atom. The Morgan fingerprint density at radius 1 is 1.13 bits per heavy atom. The number of amides is 1. The highest BCUT2D eigenvalue weighted by Gasteiger charge is 2.34. The third kappa shape index (κ3) is 4.25. The summed E-state index contributed by atoms with van der Waals surface area (Å²) in [7, 11) is 0. The molecule has 3 aromatic heterocycles. The van der Waals surface area contributed by atoms with Gasteiger partial charge in [0.05, 0.1) is 12.4 Å². The minimum Gasteiger partial charge on any atom is -0.334 e. The van der Waals surface area contributed by atoms with Gasteiger partial charge in [-0.15, -0.1) is 4.80 Å². The van der Waals surface area contributed by atoms with Crippen LogP contribution in [0.15, 0.2) is 42.9 Å². The number of aryl methyl sites for hydroxylation is 3. The molecule has 7 nitrogen and oxygen atoms in total. The zero-order valence-corrected chi connectivity index (χ0v) is 17.8. The normalized spacial score (nSPS) is 19.1. The van der Waals surface area contributed by atoms with E-state index in [0.29, 0.717) is 17.3 Å². The quantitative estimate of drug-likeness (QED) is 0.650. The largest absolute Gasteiger partial charge is 0.334 e. The average Bonchev–Trinajstić information content (AvgIpc) is 3.28. The number of likely N-dealkylation sites (tertiary alicyclic amines) is 1. The summed E-state index contributed by atoms with van der Waals surface area (Å²) in [5, 5.41) is 8.42. The third-order valence-electron chi connectivity index (χ3n) is 5.90. The molecular formula is C23H28N6O. The lowest BCUT2D eigenvalue weighted by atomic mass is 9.87. The van der Waals surface area contributed by atoms with Gasteiger partial charge in [0.2, 0.25) is 0 Å². The van der Waals surface area contributed by atoms with Crippen molar-refractivity contribution in [3.63, 3.8) is 0 Å². The van der Waals surface area contributed by atoms with Gasteiger partial charge in [0, 0.05) is 30.2 Å². The Labute approximate surface area is 177 Å². The van der Waals surface area contributed by atoms with Crippen LogP contribution in [-0.4, -0.2) is 48.4 Å². The van der Waals surface area contributed by atoms with E-state index in [1.165, 1.54) is 4.80 Å². The maximum absolute atomic E-state index is 13.7. The molecule has 0 aliphatic carbocycles. The van der Waals surface area contributed by atoms with E-state index >= 15 is 0 Å². The summed E-state index contributed by atoms with van der Waals surface area (Å²) in [6, 6.07) is 8.09. The van der Waals surface area contributed by atoms with Crippen molar-refractivity contribution in [1.82, 2.24) is 29.9 Å². The van der Waals surface area contributed by atoms with Crippen LogP contribution < -0.4 is 0 Å². The molecule has 1 saturated heterocycles. The van der Waals surface area contributed by atoms with Crippen LogP contribution in [0.25, 0.3) is 5.69 Å². The Balaban J connectivity index is 1.60. The number of rotatable bonds is 5. The molecule has 3 aromatic rings. The Hall–Kier alpha value is -3.09. The van der Waals surface area contributed by atoms with Crippen LogP contribution in [0.4, 0.5) is 0 Å². The summed E-state index contributed by atoms with van der Waals surface area (Å²) in [4.78, 5) is 26.3. The van der Waals surface area contributed by atoms with E-state index < -0.39 is 0 Å². The summed E-state index contributed by atoms with van der Waals surface area (Å²) < 4.78 is 0. The Kier molecular flexibility index (Phi) is 5.88. The van der Waals surface area contributed by atoms with Crippen LogP contribution in [-0.2, 0) is 6.42 Å². The monoisotopic (exact) mass is 404 g/mol. The van der Waals surface area contributed by atoms with Crippen LogP contribution in [0.5, 0.6) is 0 Å². The standard InChI is InChI=1S/C23H28N6O/c1-16-6-8-19(24-15-16)9-11-20-17(2)5-4-14-28(20)23(30)22-21(10-7-18(3)27-22)29-25-12-13-26-29/h6-8,10,12-13,15,17,20H,4-5,9,11,14H2,1-3H3/t17-,20-/m1/s1. The second-order valence-electron chi connectivity index (χ2n) is 8.19. The minimum absolute atomic E-state index is 0.0422. The van der Waals surface area contributed by atoms with Crippen molar-refractivity contribution >= 4 is 5.91 Å². The van der Waals surface area contributed by atoms with E-state index in [4.69, 9.17) is 0 Å². The lowest BCUT2D eigenvalue weighted by Gasteiger charge is -2.40. The van der Waals surface area contributed by atoms with Crippen LogP contribution >= 0.6 is 0 Å². The van der Waals surface area contributed by atoms with Crippen LogP contribution in [0.2, 0.25) is 0 Å². The van der Waals surface area contributed by atoms with E-state index in [1.54, 1.807) is 12.4 Å². The Morgan fingerprint density at radius 2 is 1.93 bits per heavy atom. The zero-order chi connectivity index (χ0) is 21.1. The lowest BCUT2D eigenvalue weighted by Crippen LogP contribution is -2.48. The molecule has 4 heterocycles. The number of pyridine rings is 2. The molecule has 0 saturated carbocycles. The fourth-order valence-electron chi connectivity index (χ4n) is 4.23. The smallest absolute Gasteiger partial charge is 0.275 e. The van der Waals surface area contributed by atoms with Crippen molar-refractivity contribution in [3.05, 3.63) is 65.5 Å². The highest BCUT2D eigenvalue weighted by molar-refractivity contribution is 5.96. The van der Waals surface area contributed by atoms with Gasteiger partial charge in [-0.05, 0) is 69.2 Å². The molecule has 0 spiro atoms. The van der Waals surface area contributed by atoms with Crippen LogP contribution in [0.3, 0.4) is 0 Å². The predicted molar refractivity (Wildman–Crippen MR) is 114 cm³/mol. The first-order valence-electron chi connectivity index (χ1n) is 10.6. The molecule has 2 atom stereocenters. The van der Waals surface area contributed by atoms with Crippen molar-refractivity contribution in [2.24, 2.45) is 5.92 Å². The molecule has 1 fully saturated rings. The number of carbonyl (C=O) groups excluding carboxylic acids is 1. The first-order valence-corrected chi connectivity index (χ1v) is 10.6. The molecule has 4 rings (SSSR count). The molecule has 1 amide bonds. The summed E-state index contributed by atoms with van der Waals surface area (Å²) in [6.45, 7) is 6.93.